The fourth-order valence-electron chi connectivity index (χ4n) is 2.51. The summed E-state index contributed by atoms with van der Waals surface area (Å²) in [6, 6.07) is 7.32. The van der Waals surface area contributed by atoms with Crippen molar-refractivity contribution in [1.29, 1.82) is 0 Å². The Hall–Kier alpha value is -3.16. The number of nitrogens with zero attached hydrogens (tertiary/aromatic N) is 4. The molecule has 2 aromatic heterocycles. The molecule has 3 aromatic rings. The average molecular weight is 355 g/mol. The van der Waals surface area contributed by atoms with Gasteiger partial charge in [0, 0.05) is 18.9 Å². The second-order valence-electron chi connectivity index (χ2n) is 6.32. The second kappa shape index (κ2) is 6.99. The predicted molar refractivity (Wildman–Crippen MR) is 92.2 cm³/mol. The third kappa shape index (κ3) is 4.08. The summed E-state index contributed by atoms with van der Waals surface area (Å²) in [4.78, 5) is 12.3. The summed E-state index contributed by atoms with van der Waals surface area (Å²) in [6.07, 6.45) is 7.60. The Labute approximate surface area is 149 Å². The lowest BCUT2D eigenvalue weighted by Gasteiger charge is -2.05. The number of anilines is 1. The van der Waals surface area contributed by atoms with Crippen molar-refractivity contribution in [3.8, 4) is 5.75 Å². The molecule has 1 saturated carbocycles. The van der Waals surface area contributed by atoms with Crippen LogP contribution in [-0.4, -0.2) is 25.5 Å². The Bertz CT molecular complexity index is 898. The molecule has 26 heavy (non-hydrogen) atoms. The number of rotatable bonds is 7. The highest BCUT2D eigenvalue weighted by molar-refractivity contribution is 6.02. The number of halogens is 1. The molecule has 0 radical (unpaired) electrons. The van der Waals surface area contributed by atoms with Crippen LogP contribution in [0.4, 0.5) is 10.1 Å². The van der Waals surface area contributed by atoms with Crippen molar-refractivity contribution in [2.24, 2.45) is 5.92 Å². The molecule has 2 heterocycles. The lowest BCUT2D eigenvalue weighted by molar-refractivity contribution is 0.102. The first-order valence-electron chi connectivity index (χ1n) is 8.41. The normalized spacial score (nSPS) is 13.6. The molecule has 0 bridgehead atoms. The molecule has 0 unspecified atom stereocenters. The van der Waals surface area contributed by atoms with E-state index >= 15 is 0 Å². The monoisotopic (exact) mass is 355 g/mol. The van der Waals surface area contributed by atoms with Gasteiger partial charge < -0.3 is 10.1 Å². The zero-order valence-corrected chi connectivity index (χ0v) is 14.0. The van der Waals surface area contributed by atoms with Crippen molar-refractivity contribution in [1.82, 2.24) is 19.6 Å². The molecule has 0 saturated heterocycles. The van der Waals surface area contributed by atoms with Gasteiger partial charge in [-0.1, -0.05) is 0 Å². The Morgan fingerprint density at radius 3 is 2.81 bits per heavy atom. The number of amides is 1. The van der Waals surface area contributed by atoms with E-state index in [0.717, 1.165) is 12.5 Å². The zero-order chi connectivity index (χ0) is 17.9. The molecule has 1 fully saturated rings. The van der Waals surface area contributed by atoms with Gasteiger partial charge in [-0.15, -0.1) is 0 Å². The third-order valence-electron chi connectivity index (χ3n) is 4.08. The number of hydrogen-bond donors (Lipinski definition) is 1. The highest BCUT2D eigenvalue weighted by Crippen LogP contribution is 2.30. The smallest absolute Gasteiger partial charge is 0.276 e. The van der Waals surface area contributed by atoms with E-state index in [0.29, 0.717) is 11.4 Å². The molecule has 0 aliphatic heterocycles. The maximum atomic E-state index is 12.9. The summed E-state index contributed by atoms with van der Waals surface area (Å²) in [6.45, 7) is 1.02. The summed E-state index contributed by atoms with van der Waals surface area (Å²) in [5.74, 6) is 0.610. The molecular weight excluding hydrogens is 337 g/mol. The van der Waals surface area contributed by atoms with Crippen LogP contribution in [0.3, 0.4) is 0 Å². The van der Waals surface area contributed by atoms with E-state index in [9.17, 15) is 9.18 Å². The maximum Gasteiger partial charge on any atom is 0.276 e. The first-order chi connectivity index (χ1) is 12.7. The number of hydrogen-bond acceptors (Lipinski definition) is 4. The first-order valence-corrected chi connectivity index (χ1v) is 8.41. The fourth-order valence-corrected chi connectivity index (χ4v) is 2.51. The first kappa shape index (κ1) is 16.3. The van der Waals surface area contributed by atoms with E-state index in [4.69, 9.17) is 4.74 Å². The standard InChI is InChI=1S/C18H18FN5O2/c19-14-3-5-16(6-4-14)26-12-23-8-7-17(22-23)18(25)21-15-9-20-24(11-15)10-13-1-2-13/h3-9,11,13H,1-2,10,12H2,(H,21,25). The third-order valence-corrected chi connectivity index (χ3v) is 4.08. The van der Waals surface area contributed by atoms with Gasteiger partial charge in [-0.25, -0.2) is 9.07 Å². The molecule has 0 atom stereocenters. The van der Waals surface area contributed by atoms with Crippen molar-refractivity contribution in [3.05, 3.63) is 60.4 Å². The minimum absolute atomic E-state index is 0.123. The zero-order valence-electron chi connectivity index (χ0n) is 14.0. The van der Waals surface area contributed by atoms with E-state index in [1.165, 1.54) is 41.8 Å². The molecular formula is C18H18FN5O2. The molecule has 1 N–H and O–H groups in total. The summed E-state index contributed by atoms with van der Waals surface area (Å²) < 4.78 is 21.7. The number of aromatic nitrogens is 4. The summed E-state index contributed by atoms with van der Waals surface area (Å²) in [5, 5.41) is 11.2. The van der Waals surface area contributed by atoms with E-state index in [1.807, 2.05) is 10.9 Å². The topological polar surface area (TPSA) is 74.0 Å². The lowest BCUT2D eigenvalue weighted by atomic mass is 10.3. The fraction of sp³-hybridized carbons (Fsp3) is 0.278. The average Bonchev–Trinajstić information content (AvgIpc) is 3.14. The van der Waals surface area contributed by atoms with Crippen molar-refractivity contribution in [2.75, 3.05) is 5.32 Å². The summed E-state index contributed by atoms with van der Waals surface area (Å²) in [5.41, 5.74) is 0.926. The van der Waals surface area contributed by atoms with Gasteiger partial charge >= 0.3 is 0 Å². The van der Waals surface area contributed by atoms with Crippen LogP contribution in [0.5, 0.6) is 5.75 Å². The molecule has 1 amide bonds. The molecule has 1 aliphatic rings. The Morgan fingerprint density at radius 1 is 1.23 bits per heavy atom. The van der Waals surface area contributed by atoms with Gasteiger partial charge in [0.15, 0.2) is 12.4 Å². The predicted octanol–water partition coefficient (Wildman–Crippen LogP) is 2.92. The molecule has 1 aliphatic carbocycles. The van der Waals surface area contributed by atoms with Gasteiger partial charge in [-0.3, -0.25) is 9.48 Å². The summed E-state index contributed by atoms with van der Waals surface area (Å²) in [7, 11) is 0. The van der Waals surface area contributed by atoms with Crippen LogP contribution in [-0.2, 0) is 13.3 Å². The van der Waals surface area contributed by atoms with E-state index in [-0.39, 0.29) is 24.1 Å². The number of carbonyl (C=O) groups is 1. The van der Waals surface area contributed by atoms with Crippen LogP contribution < -0.4 is 10.1 Å². The summed E-state index contributed by atoms with van der Waals surface area (Å²) >= 11 is 0. The number of benzene rings is 1. The lowest BCUT2D eigenvalue weighted by Crippen LogP contribution is -2.14. The highest BCUT2D eigenvalue weighted by Gasteiger charge is 2.22. The Balaban J connectivity index is 1.32. The van der Waals surface area contributed by atoms with Crippen LogP contribution in [0.25, 0.3) is 0 Å². The minimum atomic E-state index is -0.323. The van der Waals surface area contributed by atoms with E-state index < -0.39 is 0 Å². The number of ether oxygens (including phenoxy) is 1. The van der Waals surface area contributed by atoms with Gasteiger partial charge in [0.05, 0.1) is 11.9 Å². The Kier molecular flexibility index (Phi) is 4.39. The van der Waals surface area contributed by atoms with Gasteiger partial charge in [-0.05, 0) is 49.1 Å². The van der Waals surface area contributed by atoms with Gasteiger partial charge in [0.2, 0.25) is 0 Å². The Morgan fingerprint density at radius 2 is 2.04 bits per heavy atom. The van der Waals surface area contributed by atoms with E-state index in [2.05, 4.69) is 15.5 Å². The SMILES string of the molecule is O=C(Nc1cnn(CC2CC2)c1)c1ccn(COc2ccc(F)cc2)n1. The molecule has 1 aromatic carbocycles. The second-order valence-corrected chi connectivity index (χ2v) is 6.32. The van der Waals surface area contributed by atoms with Gasteiger partial charge in [0.25, 0.3) is 5.91 Å². The van der Waals surface area contributed by atoms with Crippen LogP contribution in [0.15, 0.2) is 48.9 Å². The largest absolute Gasteiger partial charge is 0.471 e. The quantitative estimate of drug-likeness (QED) is 0.707. The molecule has 7 nitrogen and oxygen atoms in total. The molecule has 0 spiro atoms. The minimum Gasteiger partial charge on any atom is -0.471 e. The van der Waals surface area contributed by atoms with Crippen molar-refractivity contribution in [3.63, 3.8) is 0 Å². The van der Waals surface area contributed by atoms with Gasteiger partial charge in [0.1, 0.15) is 11.6 Å². The van der Waals surface area contributed by atoms with E-state index in [1.54, 1.807) is 18.5 Å². The highest BCUT2D eigenvalue weighted by atomic mass is 19.1. The maximum absolute atomic E-state index is 12.9. The molecule has 134 valence electrons. The number of nitrogens with one attached hydrogen (secondary N) is 1. The van der Waals surface area contributed by atoms with Gasteiger partial charge in [-0.2, -0.15) is 10.2 Å². The van der Waals surface area contributed by atoms with Crippen molar-refractivity contribution >= 4 is 11.6 Å². The number of carbonyl (C=O) groups excluding carboxylic acids is 1. The van der Waals surface area contributed by atoms with Crippen LogP contribution in [0.2, 0.25) is 0 Å². The van der Waals surface area contributed by atoms with Crippen molar-refractivity contribution in [2.45, 2.75) is 26.1 Å². The molecule has 8 heteroatoms. The molecule has 4 rings (SSSR count). The van der Waals surface area contributed by atoms with Crippen molar-refractivity contribution < 1.29 is 13.9 Å². The van der Waals surface area contributed by atoms with Crippen LogP contribution in [0, 0.1) is 11.7 Å². The van der Waals surface area contributed by atoms with Crippen LogP contribution >= 0.6 is 0 Å². The van der Waals surface area contributed by atoms with Crippen LogP contribution in [0.1, 0.15) is 23.3 Å².